The average Bonchev–Trinajstić information content (AvgIpc) is 3.14. The van der Waals surface area contributed by atoms with Gasteiger partial charge in [-0.3, -0.25) is 9.59 Å². The number of rotatable bonds is 10. The molecule has 1 aromatic heterocycles. The summed E-state index contributed by atoms with van der Waals surface area (Å²) in [4.78, 5) is 27.9. The second kappa shape index (κ2) is 10.9. The lowest BCUT2D eigenvalue weighted by molar-refractivity contribution is -0.274. The summed E-state index contributed by atoms with van der Waals surface area (Å²) < 4.78 is 45.3. The Balaban J connectivity index is 1.73. The lowest BCUT2D eigenvalue weighted by atomic mass is 10.3. The summed E-state index contributed by atoms with van der Waals surface area (Å²) in [7, 11) is 0. The predicted molar refractivity (Wildman–Crippen MR) is 103 cm³/mol. The number of carbonyl (C=O) groups is 2. The van der Waals surface area contributed by atoms with Crippen molar-refractivity contribution < 1.29 is 32.2 Å². The first-order chi connectivity index (χ1) is 13.8. The number of nitrogens with zero attached hydrogens (tertiary/aromatic N) is 1. The normalized spacial score (nSPS) is 11.0. The van der Waals surface area contributed by atoms with Gasteiger partial charge >= 0.3 is 6.36 Å². The van der Waals surface area contributed by atoms with Gasteiger partial charge in [-0.1, -0.05) is 0 Å². The summed E-state index contributed by atoms with van der Waals surface area (Å²) in [6, 6.07) is 4.69. The van der Waals surface area contributed by atoms with Crippen LogP contribution in [0.25, 0.3) is 0 Å². The fourth-order valence-corrected chi connectivity index (χ4v) is 2.99. The molecule has 0 aliphatic heterocycles. The summed E-state index contributed by atoms with van der Waals surface area (Å²) in [5.41, 5.74) is 0.290. The predicted octanol–water partition coefficient (Wildman–Crippen LogP) is 2.83. The van der Waals surface area contributed by atoms with Crippen LogP contribution < -0.4 is 20.1 Å². The molecule has 0 aliphatic rings. The third kappa shape index (κ3) is 8.60. The van der Waals surface area contributed by atoms with Crippen LogP contribution in [0.3, 0.4) is 0 Å². The highest BCUT2D eigenvalue weighted by Crippen LogP contribution is 2.24. The topological polar surface area (TPSA) is 89.6 Å². The smallest absolute Gasteiger partial charge is 0.484 e. The number of nitrogens with one attached hydrogen (secondary N) is 2. The Bertz CT molecular complexity index is 813. The fourth-order valence-electron chi connectivity index (χ4n) is 1.97. The molecule has 7 nitrogen and oxygen atoms in total. The molecule has 2 rings (SSSR count). The van der Waals surface area contributed by atoms with E-state index in [1.807, 2.05) is 6.26 Å². The van der Waals surface area contributed by atoms with E-state index in [0.29, 0.717) is 11.6 Å². The number of halogens is 3. The first kappa shape index (κ1) is 22.8. The molecule has 0 unspecified atom stereocenters. The van der Waals surface area contributed by atoms with Crippen LogP contribution in [0, 0.1) is 0 Å². The van der Waals surface area contributed by atoms with Gasteiger partial charge in [-0.2, -0.15) is 11.8 Å². The summed E-state index contributed by atoms with van der Waals surface area (Å²) in [5, 5.41) is 7.50. The highest BCUT2D eigenvalue weighted by molar-refractivity contribution is 7.98. The number of alkyl halides is 3. The molecule has 0 fully saturated rings. The molecule has 158 valence electrons. The first-order valence-corrected chi connectivity index (χ1v) is 10.5. The number of benzene rings is 1. The molecular formula is C17H18F3N3O4S2. The Labute approximate surface area is 173 Å². The van der Waals surface area contributed by atoms with E-state index in [1.54, 1.807) is 17.1 Å². The van der Waals surface area contributed by atoms with Gasteiger partial charge in [-0.25, -0.2) is 4.98 Å². The minimum absolute atomic E-state index is 0.128. The maximum Gasteiger partial charge on any atom is 0.573 e. The SMILES string of the molecule is CSCCNC(=O)c1csc(CNC(=O)COc2ccc(OC(F)(F)F)cc2)n1. The van der Waals surface area contributed by atoms with E-state index < -0.39 is 12.3 Å². The quantitative estimate of drug-likeness (QED) is 0.543. The molecule has 0 spiro atoms. The van der Waals surface area contributed by atoms with Crippen molar-refractivity contribution in [3.63, 3.8) is 0 Å². The molecular weight excluding hydrogens is 431 g/mol. The van der Waals surface area contributed by atoms with Gasteiger partial charge in [0, 0.05) is 17.7 Å². The molecule has 1 heterocycles. The molecule has 0 aliphatic carbocycles. The maximum atomic E-state index is 12.1. The molecule has 1 aromatic carbocycles. The highest BCUT2D eigenvalue weighted by Gasteiger charge is 2.30. The van der Waals surface area contributed by atoms with Crippen molar-refractivity contribution in [3.05, 3.63) is 40.3 Å². The van der Waals surface area contributed by atoms with Gasteiger partial charge in [0.05, 0.1) is 6.54 Å². The van der Waals surface area contributed by atoms with Crippen molar-refractivity contribution >= 4 is 34.9 Å². The average molecular weight is 449 g/mol. The monoisotopic (exact) mass is 449 g/mol. The van der Waals surface area contributed by atoms with Gasteiger partial charge in [0.1, 0.15) is 22.2 Å². The molecule has 12 heteroatoms. The van der Waals surface area contributed by atoms with Crippen LogP contribution in [-0.2, 0) is 11.3 Å². The number of aromatic nitrogens is 1. The largest absolute Gasteiger partial charge is 0.573 e. The maximum absolute atomic E-state index is 12.1. The Morgan fingerprint density at radius 1 is 1.17 bits per heavy atom. The molecule has 2 N–H and O–H groups in total. The van der Waals surface area contributed by atoms with Crippen LogP contribution >= 0.6 is 23.1 Å². The zero-order chi connectivity index (χ0) is 21.3. The number of amides is 2. The van der Waals surface area contributed by atoms with E-state index in [-0.39, 0.29) is 36.3 Å². The van der Waals surface area contributed by atoms with Gasteiger partial charge in [0.2, 0.25) is 0 Å². The molecule has 0 bridgehead atoms. The van der Waals surface area contributed by atoms with Gasteiger partial charge in [0.25, 0.3) is 11.8 Å². The van der Waals surface area contributed by atoms with E-state index in [0.717, 1.165) is 17.9 Å². The van der Waals surface area contributed by atoms with E-state index >= 15 is 0 Å². The standard InChI is InChI=1S/C17H18F3N3O4S2/c1-28-7-6-21-16(25)13-10-29-15(23-13)8-22-14(24)9-26-11-2-4-12(5-3-11)27-17(18,19)20/h2-5,10H,6-9H2,1H3,(H,21,25)(H,22,24). The molecule has 29 heavy (non-hydrogen) atoms. The van der Waals surface area contributed by atoms with Gasteiger partial charge in [-0.05, 0) is 30.5 Å². The molecule has 2 amide bonds. The zero-order valence-corrected chi connectivity index (χ0v) is 16.9. The minimum Gasteiger partial charge on any atom is -0.484 e. The Morgan fingerprint density at radius 3 is 2.52 bits per heavy atom. The molecule has 0 saturated carbocycles. The lowest BCUT2D eigenvalue weighted by Crippen LogP contribution is -2.28. The van der Waals surface area contributed by atoms with Crippen molar-refractivity contribution in [3.8, 4) is 11.5 Å². The van der Waals surface area contributed by atoms with Crippen LogP contribution in [-0.4, -0.2) is 48.3 Å². The lowest BCUT2D eigenvalue weighted by Gasteiger charge is -2.10. The third-order valence-corrected chi connectivity index (χ3v) is 4.70. The second-order valence-electron chi connectivity index (χ2n) is 5.46. The van der Waals surface area contributed by atoms with Crippen molar-refractivity contribution in [2.75, 3.05) is 25.2 Å². The summed E-state index contributed by atoms with van der Waals surface area (Å²) in [6.07, 6.45) is -2.83. The highest BCUT2D eigenvalue weighted by atomic mass is 32.2. The fraction of sp³-hybridized carbons (Fsp3) is 0.353. The zero-order valence-electron chi connectivity index (χ0n) is 15.2. The second-order valence-corrected chi connectivity index (χ2v) is 7.39. The van der Waals surface area contributed by atoms with Gasteiger partial charge in [-0.15, -0.1) is 24.5 Å². The first-order valence-electron chi connectivity index (χ1n) is 8.23. The summed E-state index contributed by atoms with van der Waals surface area (Å²) in [5.74, 6) is -0.0768. The minimum atomic E-state index is -4.77. The number of thiazole rings is 1. The number of hydrogen-bond acceptors (Lipinski definition) is 7. The van der Waals surface area contributed by atoms with E-state index in [9.17, 15) is 22.8 Å². The summed E-state index contributed by atoms with van der Waals surface area (Å²) >= 11 is 2.86. The Morgan fingerprint density at radius 2 is 1.86 bits per heavy atom. The molecule has 0 saturated heterocycles. The van der Waals surface area contributed by atoms with Crippen LogP contribution in [0.1, 0.15) is 15.5 Å². The van der Waals surface area contributed by atoms with Crippen LogP contribution in [0.2, 0.25) is 0 Å². The Hall–Kier alpha value is -2.47. The summed E-state index contributed by atoms with van der Waals surface area (Å²) in [6.45, 7) is 0.348. The van der Waals surface area contributed by atoms with Gasteiger partial charge in [0.15, 0.2) is 6.61 Å². The van der Waals surface area contributed by atoms with Crippen LogP contribution in [0.4, 0.5) is 13.2 Å². The number of carbonyl (C=O) groups excluding carboxylic acids is 2. The number of ether oxygens (including phenoxy) is 2. The number of hydrogen-bond donors (Lipinski definition) is 2. The van der Waals surface area contributed by atoms with Crippen LogP contribution in [0.15, 0.2) is 29.6 Å². The molecule has 0 radical (unpaired) electrons. The van der Waals surface area contributed by atoms with Crippen LogP contribution in [0.5, 0.6) is 11.5 Å². The molecule has 2 aromatic rings. The third-order valence-electron chi connectivity index (χ3n) is 3.24. The van der Waals surface area contributed by atoms with Gasteiger partial charge < -0.3 is 20.1 Å². The molecule has 0 atom stereocenters. The number of thioether (sulfide) groups is 1. The van der Waals surface area contributed by atoms with Crippen molar-refractivity contribution in [2.45, 2.75) is 12.9 Å². The van der Waals surface area contributed by atoms with E-state index in [1.165, 1.54) is 23.5 Å². The van der Waals surface area contributed by atoms with Crippen molar-refractivity contribution in [2.24, 2.45) is 0 Å². The van der Waals surface area contributed by atoms with Crippen molar-refractivity contribution in [1.82, 2.24) is 15.6 Å². The Kier molecular flexibility index (Phi) is 8.58. The van der Waals surface area contributed by atoms with Crippen molar-refractivity contribution in [1.29, 1.82) is 0 Å². The van der Waals surface area contributed by atoms with E-state index in [2.05, 4.69) is 20.4 Å². The van der Waals surface area contributed by atoms with E-state index in [4.69, 9.17) is 4.74 Å².